The average Bonchev–Trinajstić information content (AvgIpc) is 2.69. The Morgan fingerprint density at radius 2 is 1.96 bits per heavy atom. The van der Waals surface area contributed by atoms with Gasteiger partial charge in [0.1, 0.15) is 0 Å². The highest BCUT2D eigenvalue weighted by Gasteiger charge is 2.14. The Bertz CT molecular complexity index is 912. The summed E-state index contributed by atoms with van der Waals surface area (Å²) >= 11 is 1.06. The number of nitrogens with one attached hydrogen (secondary N) is 2. The van der Waals surface area contributed by atoms with Crippen LogP contribution in [0, 0.1) is 0 Å². The zero-order valence-corrected chi connectivity index (χ0v) is 15.8. The Morgan fingerprint density at radius 3 is 2.67 bits per heavy atom. The minimum atomic E-state index is -0.450. The molecule has 0 aliphatic heterocycles. The van der Waals surface area contributed by atoms with Gasteiger partial charge in [-0.25, -0.2) is 4.98 Å². The van der Waals surface area contributed by atoms with Crippen molar-refractivity contribution in [1.29, 1.82) is 0 Å². The van der Waals surface area contributed by atoms with E-state index in [4.69, 9.17) is 0 Å². The summed E-state index contributed by atoms with van der Waals surface area (Å²) in [6, 6.07) is 6.86. The topological polar surface area (TPSA) is 119 Å². The van der Waals surface area contributed by atoms with Gasteiger partial charge in [0.15, 0.2) is 5.16 Å². The highest BCUT2D eigenvalue weighted by molar-refractivity contribution is 7.99. The van der Waals surface area contributed by atoms with Gasteiger partial charge < -0.3 is 15.4 Å². The summed E-state index contributed by atoms with van der Waals surface area (Å²) in [6.07, 6.45) is 0.00680. The Labute approximate surface area is 159 Å². The van der Waals surface area contributed by atoms with Crippen molar-refractivity contribution in [1.82, 2.24) is 20.2 Å². The van der Waals surface area contributed by atoms with Crippen LogP contribution in [0.2, 0.25) is 0 Å². The predicted octanol–water partition coefficient (Wildman–Crippen LogP) is -0.0861. The van der Waals surface area contributed by atoms with Gasteiger partial charge in [-0.15, -0.1) is 0 Å². The first-order valence-electron chi connectivity index (χ1n) is 8.12. The van der Waals surface area contributed by atoms with Crippen LogP contribution in [0.25, 0.3) is 10.9 Å². The maximum absolute atomic E-state index is 12.8. The van der Waals surface area contributed by atoms with Crippen molar-refractivity contribution < 1.29 is 19.1 Å². The highest BCUT2D eigenvalue weighted by Crippen LogP contribution is 2.18. The predicted molar refractivity (Wildman–Crippen MR) is 100 cm³/mol. The van der Waals surface area contributed by atoms with E-state index in [1.807, 2.05) is 0 Å². The van der Waals surface area contributed by atoms with Crippen LogP contribution in [0.15, 0.2) is 34.2 Å². The molecule has 0 aliphatic rings. The lowest BCUT2D eigenvalue weighted by atomic mass is 10.2. The second kappa shape index (κ2) is 9.72. The molecule has 2 amide bonds. The van der Waals surface area contributed by atoms with Gasteiger partial charge in [0, 0.05) is 13.6 Å². The number of esters is 1. The molecular formula is C17H20N4O5S. The fourth-order valence-corrected chi connectivity index (χ4v) is 3.06. The van der Waals surface area contributed by atoms with E-state index in [0.717, 1.165) is 11.8 Å². The van der Waals surface area contributed by atoms with Crippen molar-refractivity contribution in [3.8, 4) is 0 Å². The van der Waals surface area contributed by atoms with Crippen LogP contribution >= 0.6 is 11.8 Å². The number of ether oxygens (including phenoxy) is 1. The van der Waals surface area contributed by atoms with E-state index < -0.39 is 5.97 Å². The van der Waals surface area contributed by atoms with Crippen LogP contribution in [0.5, 0.6) is 0 Å². The van der Waals surface area contributed by atoms with E-state index in [1.54, 1.807) is 24.3 Å². The molecule has 0 saturated carbocycles. The third kappa shape index (κ3) is 5.55. The molecule has 27 heavy (non-hydrogen) atoms. The number of fused-ring (bicyclic) bond motifs is 1. The summed E-state index contributed by atoms with van der Waals surface area (Å²) in [5.41, 5.74) is 0.211. The van der Waals surface area contributed by atoms with E-state index >= 15 is 0 Å². The summed E-state index contributed by atoms with van der Waals surface area (Å²) in [5, 5.41) is 5.62. The van der Waals surface area contributed by atoms with Crippen LogP contribution in [0.1, 0.15) is 6.42 Å². The number of methoxy groups -OCH3 is 1. The van der Waals surface area contributed by atoms with Crippen LogP contribution in [0.3, 0.4) is 0 Å². The Balaban J connectivity index is 2.22. The van der Waals surface area contributed by atoms with Crippen molar-refractivity contribution in [2.75, 3.05) is 26.5 Å². The quantitative estimate of drug-likeness (QED) is 0.366. The number of benzene rings is 1. The first kappa shape index (κ1) is 20.4. The number of likely N-dealkylation sites (N-methyl/N-ethyl adjacent to an activating group) is 1. The normalized spacial score (nSPS) is 10.4. The average molecular weight is 392 g/mol. The van der Waals surface area contributed by atoms with Crippen LogP contribution in [-0.2, 0) is 25.7 Å². The van der Waals surface area contributed by atoms with Gasteiger partial charge in [-0.05, 0) is 12.1 Å². The Hall–Kier alpha value is -2.88. The second-order valence-electron chi connectivity index (χ2n) is 5.43. The molecule has 0 saturated heterocycles. The SMILES string of the molecule is CNC(=O)CNC(=O)CSc1nc2ccccc2c(=O)n1CCC(=O)OC. The molecule has 0 radical (unpaired) electrons. The number of para-hydroxylation sites is 1. The first-order chi connectivity index (χ1) is 13.0. The van der Waals surface area contributed by atoms with Gasteiger partial charge in [-0.3, -0.25) is 23.7 Å². The molecule has 2 N–H and O–H groups in total. The molecule has 2 rings (SSSR count). The molecule has 0 fully saturated rings. The number of nitrogens with zero attached hydrogens (tertiary/aromatic N) is 2. The van der Waals surface area contributed by atoms with Crippen LogP contribution in [-0.4, -0.2) is 53.8 Å². The van der Waals surface area contributed by atoms with E-state index in [-0.39, 0.29) is 42.6 Å². The van der Waals surface area contributed by atoms with Crippen molar-refractivity contribution in [3.05, 3.63) is 34.6 Å². The van der Waals surface area contributed by atoms with Gasteiger partial charge in [-0.2, -0.15) is 0 Å². The molecule has 1 aromatic carbocycles. The summed E-state index contributed by atoms with van der Waals surface area (Å²) in [7, 11) is 2.75. The number of amides is 2. The number of thioether (sulfide) groups is 1. The first-order valence-corrected chi connectivity index (χ1v) is 9.11. The van der Waals surface area contributed by atoms with E-state index in [9.17, 15) is 19.2 Å². The van der Waals surface area contributed by atoms with Crippen LogP contribution < -0.4 is 16.2 Å². The molecule has 0 unspecified atom stereocenters. The summed E-state index contributed by atoms with van der Waals surface area (Å²) in [6.45, 7) is -0.0400. The molecule has 0 bridgehead atoms. The zero-order valence-electron chi connectivity index (χ0n) is 15.0. The standard InChI is InChI=1S/C17H20N4O5S/c1-18-13(22)9-19-14(23)10-27-17-20-12-6-4-3-5-11(12)16(25)21(17)8-7-15(24)26-2/h3-6H,7-10H2,1-2H3,(H,18,22)(H,19,23). The van der Waals surface area contributed by atoms with Crippen molar-refractivity contribution in [3.63, 3.8) is 0 Å². The summed E-state index contributed by atoms with van der Waals surface area (Å²) in [4.78, 5) is 51.7. The minimum absolute atomic E-state index is 0.00680. The lowest BCUT2D eigenvalue weighted by Crippen LogP contribution is -2.36. The van der Waals surface area contributed by atoms with Gasteiger partial charge in [0.2, 0.25) is 11.8 Å². The molecule has 0 atom stereocenters. The minimum Gasteiger partial charge on any atom is -0.469 e. The van der Waals surface area contributed by atoms with Crippen molar-refractivity contribution in [2.24, 2.45) is 0 Å². The van der Waals surface area contributed by atoms with E-state index in [1.165, 1.54) is 18.7 Å². The van der Waals surface area contributed by atoms with Crippen molar-refractivity contribution in [2.45, 2.75) is 18.1 Å². The lowest BCUT2D eigenvalue weighted by molar-refractivity contribution is -0.140. The molecule has 9 nitrogen and oxygen atoms in total. The fourth-order valence-electron chi connectivity index (χ4n) is 2.21. The number of rotatable bonds is 8. The van der Waals surface area contributed by atoms with E-state index in [0.29, 0.717) is 16.1 Å². The number of carbonyl (C=O) groups excluding carboxylic acids is 3. The molecule has 0 spiro atoms. The summed E-state index contributed by atoms with van der Waals surface area (Å²) in [5.74, 6) is -1.16. The number of hydrogen-bond acceptors (Lipinski definition) is 7. The molecule has 1 heterocycles. The molecule has 144 valence electrons. The maximum Gasteiger partial charge on any atom is 0.307 e. The Morgan fingerprint density at radius 1 is 1.22 bits per heavy atom. The molecular weight excluding hydrogens is 372 g/mol. The molecule has 10 heteroatoms. The van der Waals surface area contributed by atoms with Crippen molar-refractivity contribution >= 4 is 40.4 Å². The third-order valence-corrected chi connectivity index (χ3v) is 4.63. The summed E-state index contributed by atoms with van der Waals surface area (Å²) < 4.78 is 5.98. The largest absolute Gasteiger partial charge is 0.469 e. The number of hydrogen-bond donors (Lipinski definition) is 2. The lowest BCUT2D eigenvalue weighted by Gasteiger charge is -2.12. The highest BCUT2D eigenvalue weighted by atomic mass is 32.2. The monoisotopic (exact) mass is 392 g/mol. The molecule has 0 aliphatic carbocycles. The second-order valence-corrected chi connectivity index (χ2v) is 6.38. The van der Waals surface area contributed by atoms with Gasteiger partial charge >= 0.3 is 5.97 Å². The molecule has 1 aromatic heterocycles. The van der Waals surface area contributed by atoms with Gasteiger partial charge in [-0.1, -0.05) is 23.9 Å². The van der Waals surface area contributed by atoms with E-state index in [2.05, 4.69) is 20.4 Å². The molecule has 2 aromatic rings. The maximum atomic E-state index is 12.8. The van der Waals surface area contributed by atoms with Gasteiger partial charge in [0.25, 0.3) is 5.56 Å². The fraction of sp³-hybridized carbons (Fsp3) is 0.353. The zero-order chi connectivity index (χ0) is 19.8. The van der Waals surface area contributed by atoms with Crippen LogP contribution in [0.4, 0.5) is 0 Å². The number of aromatic nitrogens is 2. The number of carbonyl (C=O) groups is 3. The van der Waals surface area contributed by atoms with Gasteiger partial charge in [0.05, 0.1) is 36.7 Å². The Kier molecular flexibility index (Phi) is 7.35. The third-order valence-electron chi connectivity index (χ3n) is 3.65. The smallest absolute Gasteiger partial charge is 0.307 e.